The second-order valence-electron chi connectivity index (χ2n) is 4.92. The van der Waals surface area contributed by atoms with Gasteiger partial charge in [0.05, 0.1) is 0 Å². The lowest BCUT2D eigenvalue weighted by molar-refractivity contribution is 0.303. The highest BCUT2D eigenvalue weighted by Gasteiger charge is 2.02. The molecule has 5 heteroatoms. The highest BCUT2D eigenvalue weighted by molar-refractivity contribution is 5.47. The molecule has 1 aromatic heterocycles. The Morgan fingerprint density at radius 1 is 1.00 bits per heavy atom. The van der Waals surface area contributed by atoms with E-state index in [0.29, 0.717) is 0 Å². The first kappa shape index (κ1) is 16.7. The van der Waals surface area contributed by atoms with Crippen molar-refractivity contribution in [2.24, 2.45) is 0 Å². The third-order valence-electron chi connectivity index (χ3n) is 3.25. The van der Waals surface area contributed by atoms with Crippen molar-refractivity contribution in [1.82, 2.24) is 14.9 Å². The van der Waals surface area contributed by atoms with Gasteiger partial charge in [-0.05, 0) is 39.4 Å². The fraction of sp³-hybridized carbons (Fsp3) is 0.733. The van der Waals surface area contributed by atoms with Gasteiger partial charge in [0.15, 0.2) is 0 Å². The molecule has 0 aromatic carbocycles. The van der Waals surface area contributed by atoms with Crippen molar-refractivity contribution in [3.05, 3.63) is 11.9 Å². The third-order valence-corrected chi connectivity index (χ3v) is 3.25. The molecule has 5 nitrogen and oxygen atoms in total. The first-order chi connectivity index (χ1) is 9.69. The molecule has 0 amide bonds. The zero-order valence-corrected chi connectivity index (χ0v) is 13.4. The van der Waals surface area contributed by atoms with E-state index >= 15 is 0 Å². The predicted octanol–water partition coefficient (Wildman–Crippen LogP) is 2.75. The summed E-state index contributed by atoms with van der Waals surface area (Å²) in [4.78, 5) is 11.2. The van der Waals surface area contributed by atoms with Crippen LogP contribution in [-0.2, 0) is 0 Å². The molecule has 0 bridgehead atoms. The molecule has 0 unspecified atom stereocenters. The molecule has 0 spiro atoms. The summed E-state index contributed by atoms with van der Waals surface area (Å²) in [5.41, 5.74) is 0. The molecule has 0 aliphatic heterocycles. The number of aromatic nitrogens is 2. The number of aryl methyl sites for hydroxylation is 1. The lowest BCUT2D eigenvalue weighted by Gasteiger charge is -2.17. The lowest BCUT2D eigenvalue weighted by Crippen LogP contribution is -2.25. The highest BCUT2D eigenvalue weighted by Crippen LogP contribution is 2.11. The van der Waals surface area contributed by atoms with Gasteiger partial charge in [0.1, 0.15) is 17.5 Å². The van der Waals surface area contributed by atoms with Crippen LogP contribution in [0.1, 0.15) is 39.4 Å². The number of nitrogens with zero attached hydrogens (tertiary/aromatic N) is 3. The first-order valence-corrected chi connectivity index (χ1v) is 7.75. The maximum absolute atomic E-state index is 4.42. The molecule has 0 atom stereocenters. The fourth-order valence-electron chi connectivity index (χ4n) is 2.06. The predicted molar refractivity (Wildman–Crippen MR) is 86.4 cm³/mol. The quantitative estimate of drug-likeness (QED) is 0.645. The molecule has 1 rings (SSSR count). The Morgan fingerprint density at radius 2 is 1.60 bits per heavy atom. The number of hydrogen-bond acceptors (Lipinski definition) is 5. The summed E-state index contributed by atoms with van der Waals surface area (Å²) in [5, 5.41) is 6.69. The normalized spacial score (nSPS) is 10.8. The Hall–Kier alpha value is -1.36. The standard InChI is InChI=1S/C15H29N5/c1-5-9-16-14-12-15(19-13(4)18-14)17-10-8-11-20(6-2)7-3/h12H,5-11H2,1-4H3,(H2,16,17,18,19). The van der Waals surface area contributed by atoms with Crippen LogP contribution in [0.25, 0.3) is 0 Å². The summed E-state index contributed by atoms with van der Waals surface area (Å²) in [6.07, 6.45) is 2.22. The van der Waals surface area contributed by atoms with Gasteiger partial charge in [-0.15, -0.1) is 0 Å². The van der Waals surface area contributed by atoms with E-state index in [1.165, 1.54) is 0 Å². The Labute approximate surface area is 123 Å². The van der Waals surface area contributed by atoms with Crippen molar-refractivity contribution in [2.45, 2.75) is 40.5 Å². The summed E-state index contributed by atoms with van der Waals surface area (Å²) in [6, 6.07) is 1.99. The van der Waals surface area contributed by atoms with Crippen LogP contribution >= 0.6 is 0 Å². The summed E-state index contributed by atoms with van der Waals surface area (Å²) in [7, 11) is 0. The van der Waals surface area contributed by atoms with E-state index in [-0.39, 0.29) is 0 Å². The molecule has 0 aliphatic carbocycles. The van der Waals surface area contributed by atoms with E-state index in [0.717, 1.165) is 63.0 Å². The van der Waals surface area contributed by atoms with E-state index in [2.05, 4.69) is 46.3 Å². The Morgan fingerprint density at radius 3 is 2.15 bits per heavy atom. The highest BCUT2D eigenvalue weighted by atomic mass is 15.1. The maximum Gasteiger partial charge on any atom is 0.131 e. The minimum Gasteiger partial charge on any atom is -0.370 e. The summed E-state index contributed by atoms with van der Waals surface area (Å²) in [6.45, 7) is 13.7. The maximum atomic E-state index is 4.42. The molecule has 0 saturated carbocycles. The molecule has 0 aliphatic rings. The average molecular weight is 279 g/mol. The van der Waals surface area contributed by atoms with Crippen LogP contribution in [0, 0.1) is 6.92 Å². The van der Waals surface area contributed by atoms with Crippen molar-refractivity contribution in [3.63, 3.8) is 0 Å². The zero-order chi connectivity index (χ0) is 14.8. The minimum absolute atomic E-state index is 0.803. The smallest absolute Gasteiger partial charge is 0.131 e. The topological polar surface area (TPSA) is 53.1 Å². The molecule has 2 N–H and O–H groups in total. The van der Waals surface area contributed by atoms with Gasteiger partial charge >= 0.3 is 0 Å². The van der Waals surface area contributed by atoms with Crippen molar-refractivity contribution in [2.75, 3.05) is 43.4 Å². The average Bonchev–Trinajstić information content (AvgIpc) is 2.45. The molecule has 0 fully saturated rings. The van der Waals surface area contributed by atoms with Crippen LogP contribution in [0.4, 0.5) is 11.6 Å². The van der Waals surface area contributed by atoms with E-state index in [1.54, 1.807) is 0 Å². The van der Waals surface area contributed by atoms with Gasteiger partial charge in [0.2, 0.25) is 0 Å². The second kappa shape index (κ2) is 9.53. The van der Waals surface area contributed by atoms with Crippen LogP contribution in [-0.4, -0.2) is 47.6 Å². The van der Waals surface area contributed by atoms with Crippen molar-refractivity contribution in [3.8, 4) is 0 Å². The van der Waals surface area contributed by atoms with Crippen LogP contribution < -0.4 is 10.6 Å². The molecule has 1 heterocycles. The monoisotopic (exact) mass is 279 g/mol. The molecular weight excluding hydrogens is 250 g/mol. The molecule has 1 aromatic rings. The second-order valence-corrected chi connectivity index (χ2v) is 4.92. The minimum atomic E-state index is 0.803. The first-order valence-electron chi connectivity index (χ1n) is 7.75. The molecule has 114 valence electrons. The number of anilines is 2. The fourth-order valence-corrected chi connectivity index (χ4v) is 2.06. The third kappa shape index (κ3) is 6.19. The van der Waals surface area contributed by atoms with E-state index in [9.17, 15) is 0 Å². The number of nitrogens with one attached hydrogen (secondary N) is 2. The van der Waals surface area contributed by atoms with E-state index in [4.69, 9.17) is 0 Å². The SMILES string of the molecule is CCCNc1cc(NCCCN(CC)CC)nc(C)n1. The Balaban J connectivity index is 2.41. The zero-order valence-electron chi connectivity index (χ0n) is 13.4. The largest absolute Gasteiger partial charge is 0.370 e. The van der Waals surface area contributed by atoms with Crippen LogP contribution in [0.3, 0.4) is 0 Å². The Bertz CT molecular complexity index is 377. The van der Waals surface area contributed by atoms with Crippen LogP contribution in [0.2, 0.25) is 0 Å². The summed E-state index contributed by atoms with van der Waals surface area (Å²) in [5.74, 6) is 2.62. The van der Waals surface area contributed by atoms with Gasteiger partial charge in [-0.1, -0.05) is 20.8 Å². The molecule has 0 saturated heterocycles. The number of hydrogen-bond donors (Lipinski definition) is 2. The van der Waals surface area contributed by atoms with Gasteiger partial charge in [-0.3, -0.25) is 0 Å². The van der Waals surface area contributed by atoms with E-state index in [1.807, 2.05) is 13.0 Å². The number of rotatable bonds is 10. The van der Waals surface area contributed by atoms with E-state index < -0.39 is 0 Å². The molecule has 20 heavy (non-hydrogen) atoms. The van der Waals surface area contributed by atoms with Crippen LogP contribution in [0.15, 0.2) is 6.07 Å². The summed E-state index contributed by atoms with van der Waals surface area (Å²) >= 11 is 0. The van der Waals surface area contributed by atoms with Gasteiger partial charge < -0.3 is 15.5 Å². The van der Waals surface area contributed by atoms with Crippen molar-refractivity contribution < 1.29 is 0 Å². The molecular formula is C15H29N5. The molecule has 0 radical (unpaired) electrons. The van der Waals surface area contributed by atoms with Gasteiger partial charge in [-0.25, -0.2) is 9.97 Å². The summed E-state index contributed by atoms with van der Waals surface area (Å²) < 4.78 is 0. The van der Waals surface area contributed by atoms with Gasteiger partial charge in [-0.2, -0.15) is 0 Å². The lowest BCUT2D eigenvalue weighted by atomic mass is 10.3. The van der Waals surface area contributed by atoms with Gasteiger partial charge in [0, 0.05) is 19.2 Å². The van der Waals surface area contributed by atoms with Gasteiger partial charge in [0.25, 0.3) is 0 Å². The Kier molecular flexibility index (Phi) is 7.95. The van der Waals surface area contributed by atoms with Crippen molar-refractivity contribution >= 4 is 11.6 Å². The van der Waals surface area contributed by atoms with Crippen LogP contribution in [0.5, 0.6) is 0 Å². The van der Waals surface area contributed by atoms with Crippen molar-refractivity contribution in [1.29, 1.82) is 0 Å².